The third-order valence-corrected chi connectivity index (χ3v) is 6.31. The number of nitrogens with zero attached hydrogens (tertiary/aromatic N) is 1. The van der Waals surface area contributed by atoms with E-state index in [4.69, 9.17) is 0 Å². The standard InChI is InChI=1S/C24H18FNO4S/c1-31(29,30)21-12-6-17(7-13-21)22-14-26(20-10-2-16(15-27)3-11-20)24(28)23(22)18-4-8-19(25)9-5-18/h2-13,15H,14H2,1H3. The van der Waals surface area contributed by atoms with Gasteiger partial charge in [0.2, 0.25) is 0 Å². The molecule has 1 heterocycles. The molecule has 0 saturated carbocycles. The van der Waals surface area contributed by atoms with Crippen LogP contribution in [0.5, 0.6) is 0 Å². The van der Waals surface area contributed by atoms with E-state index in [2.05, 4.69) is 0 Å². The molecule has 1 aliphatic rings. The van der Waals surface area contributed by atoms with Crippen LogP contribution in [0.25, 0.3) is 11.1 Å². The smallest absolute Gasteiger partial charge is 0.259 e. The molecule has 3 aromatic carbocycles. The van der Waals surface area contributed by atoms with Crippen LogP contribution < -0.4 is 4.90 Å². The number of rotatable bonds is 5. The van der Waals surface area contributed by atoms with Gasteiger partial charge in [0.15, 0.2) is 9.84 Å². The third kappa shape index (κ3) is 4.04. The number of halogens is 1. The second kappa shape index (κ2) is 7.92. The Labute approximate surface area is 179 Å². The number of sulfone groups is 1. The highest BCUT2D eigenvalue weighted by atomic mass is 32.2. The van der Waals surface area contributed by atoms with Gasteiger partial charge in [-0.25, -0.2) is 12.8 Å². The molecule has 0 radical (unpaired) electrons. The quantitative estimate of drug-likeness (QED) is 0.568. The second-order valence-corrected chi connectivity index (χ2v) is 9.27. The molecule has 0 unspecified atom stereocenters. The lowest BCUT2D eigenvalue weighted by Gasteiger charge is -2.17. The number of aldehydes is 1. The minimum absolute atomic E-state index is 0.186. The highest BCUT2D eigenvalue weighted by Gasteiger charge is 2.33. The molecule has 0 atom stereocenters. The van der Waals surface area contributed by atoms with Crippen molar-refractivity contribution in [3.63, 3.8) is 0 Å². The molecule has 0 spiro atoms. The maximum Gasteiger partial charge on any atom is 0.259 e. The zero-order valence-corrected chi connectivity index (χ0v) is 17.4. The van der Waals surface area contributed by atoms with Crippen molar-refractivity contribution >= 4 is 38.9 Å². The highest BCUT2D eigenvalue weighted by molar-refractivity contribution is 7.90. The van der Waals surface area contributed by atoms with Crippen molar-refractivity contribution in [3.05, 3.63) is 95.3 Å². The van der Waals surface area contributed by atoms with Crippen LogP contribution in [0.2, 0.25) is 0 Å². The van der Waals surface area contributed by atoms with Crippen LogP contribution >= 0.6 is 0 Å². The SMILES string of the molecule is CS(=O)(=O)c1ccc(C2=C(c3ccc(F)cc3)C(=O)N(c3ccc(C=O)cc3)C2)cc1. The second-order valence-electron chi connectivity index (χ2n) is 7.26. The van der Waals surface area contributed by atoms with E-state index in [1.54, 1.807) is 53.4 Å². The van der Waals surface area contributed by atoms with E-state index >= 15 is 0 Å². The van der Waals surface area contributed by atoms with Crippen molar-refractivity contribution in [3.8, 4) is 0 Å². The number of anilines is 1. The largest absolute Gasteiger partial charge is 0.304 e. The fraction of sp³-hybridized carbons (Fsp3) is 0.0833. The number of benzene rings is 3. The first-order valence-electron chi connectivity index (χ1n) is 9.44. The van der Waals surface area contributed by atoms with Gasteiger partial charge in [-0.15, -0.1) is 0 Å². The Balaban J connectivity index is 1.81. The third-order valence-electron chi connectivity index (χ3n) is 5.18. The van der Waals surface area contributed by atoms with Gasteiger partial charge < -0.3 is 4.90 Å². The van der Waals surface area contributed by atoms with Crippen LogP contribution in [-0.2, 0) is 14.6 Å². The van der Waals surface area contributed by atoms with Crippen LogP contribution in [0.1, 0.15) is 21.5 Å². The molecule has 4 rings (SSSR count). The van der Waals surface area contributed by atoms with Gasteiger partial charge in [-0.2, -0.15) is 0 Å². The summed E-state index contributed by atoms with van der Waals surface area (Å²) >= 11 is 0. The van der Waals surface area contributed by atoms with Crippen molar-refractivity contribution in [1.82, 2.24) is 0 Å². The predicted molar refractivity (Wildman–Crippen MR) is 117 cm³/mol. The first-order chi connectivity index (χ1) is 14.8. The summed E-state index contributed by atoms with van der Waals surface area (Å²) in [5.41, 5.74) is 3.52. The maximum absolute atomic E-state index is 13.5. The van der Waals surface area contributed by atoms with Crippen LogP contribution in [0.15, 0.2) is 77.7 Å². The summed E-state index contributed by atoms with van der Waals surface area (Å²) < 4.78 is 37.0. The Bertz CT molecular complexity index is 1290. The minimum Gasteiger partial charge on any atom is -0.304 e. The molecule has 0 saturated heterocycles. The normalized spacial score (nSPS) is 14.3. The molecular formula is C24H18FNO4S. The molecule has 7 heteroatoms. The van der Waals surface area contributed by atoms with Crippen LogP contribution in [0.3, 0.4) is 0 Å². The molecule has 0 aliphatic carbocycles. The Morgan fingerprint density at radius 3 is 2.00 bits per heavy atom. The zero-order chi connectivity index (χ0) is 22.2. The van der Waals surface area contributed by atoms with Crippen molar-refractivity contribution in [1.29, 1.82) is 0 Å². The molecule has 0 aromatic heterocycles. The number of carbonyl (C=O) groups excluding carboxylic acids is 2. The average Bonchev–Trinajstić information content (AvgIpc) is 3.11. The molecule has 0 N–H and O–H groups in total. The van der Waals surface area contributed by atoms with Crippen LogP contribution in [-0.4, -0.2) is 33.4 Å². The Morgan fingerprint density at radius 1 is 0.871 bits per heavy atom. The fourth-order valence-corrected chi connectivity index (χ4v) is 4.20. The molecule has 31 heavy (non-hydrogen) atoms. The molecule has 156 valence electrons. The Hall–Kier alpha value is -3.58. The number of carbonyl (C=O) groups is 2. The van der Waals surface area contributed by atoms with Gasteiger partial charge in [-0.05, 0) is 65.2 Å². The van der Waals surface area contributed by atoms with Gasteiger partial charge in [0.1, 0.15) is 12.1 Å². The van der Waals surface area contributed by atoms with E-state index in [1.807, 2.05) is 0 Å². The number of hydrogen-bond donors (Lipinski definition) is 0. The van der Waals surface area contributed by atoms with E-state index in [0.29, 0.717) is 33.5 Å². The predicted octanol–water partition coefficient (Wildman–Crippen LogP) is 4.00. The van der Waals surface area contributed by atoms with Crippen molar-refractivity contribution < 1.29 is 22.4 Å². The first kappa shape index (κ1) is 20.7. The fourth-order valence-electron chi connectivity index (χ4n) is 3.57. The van der Waals surface area contributed by atoms with Crippen LogP contribution in [0.4, 0.5) is 10.1 Å². The van der Waals surface area contributed by atoms with Gasteiger partial charge >= 0.3 is 0 Å². The summed E-state index contributed by atoms with van der Waals surface area (Å²) in [6, 6.07) is 18.7. The van der Waals surface area contributed by atoms with Gasteiger partial charge in [0.25, 0.3) is 5.91 Å². The summed E-state index contributed by atoms with van der Waals surface area (Å²) in [6.45, 7) is 0.254. The summed E-state index contributed by atoms with van der Waals surface area (Å²) in [4.78, 5) is 26.1. The minimum atomic E-state index is -3.35. The Morgan fingerprint density at radius 2 is 1.45 bits per heavy atom. The van der Waals surface area contributed by atoms with E-state index in [1.165, 1.54) is 24.3 Å². The molecule has 0 bridgehead atoms. The van der Waals surface area contributed by atoms with Gasteiger partial charge in [0.05, 0.1) is 17.0 Å². The lowest BCUT2D eigenvalue weighted by molar-refractivity contribution is -0.112. The van der Waals surface area contributed by atoms with Crippen LogP contribution in [0, 0.1) is 5.82 Å². The van der Waals surface area contributed by atoms with Crippen molar-refractivity contribution in [2.24, 2.45) is 0 Å². The molecule has 5 nitrogen and oxygen atoms in total. The van der Waals surface area contributed by atoms with Gasteiger partial charge in [-0.1, -0.05) is 24.3 Å². The molecule has 3 aromatic rings. The lowest BCUT2D eigenvalue weighted by Crippen LogP contribution is -2.26. The monoisotopic (exact) mass is 435 g/mol. The Kier molecular flexibility index (Phi) is 5.29. The lowest BCUT2D eigenvalue weighted by atomic mass is 9.97. The zero-order valence-electron chi connectivity index (χ0n) is 16.6. The van der Waals surface area contributed by atoms with Gasteiger partial charge in [0, 0.05) is 17.5 Å². The summed E-state index contributed by atoms with van der Waals surface area (Å²) in [5.74, 6) is -0.664. The maximum atomic E-state index is 13.5. The summed E-state index contributed by atoms with van der Waals surface area (Å²) in [7, 11) is -3.35. The highest BCUT2D eigenvalue weighted by Crippen LogP contribution is 2.37. The van der Waals surface area contributed by atoms with E-state index in [9.17, 15) is 22.4 Å². The van der Waals surface area contributed by atoms with E-state index in [0.717, 1.165) is 12.5 Å². The summed E-state index contributed by atoms with van der Waals surface area (Å²) in [5, 5.41) is 0. The average molecular weight is 435 g/mol. The molecule has 1 aliphatic heterocycles. The van der Waals surface area contributed by atoms with Gasteiger partial charge in [-0.3, -0.25) is 9.59 Å². The first-order valence-corrected chi connectivity index (χ1v) is 11.3. The molecule has 0 fully saturated rings. The topological polar surface area (TPSA) is 71.5 Å². The van der Waals surface area contributed by atoms with E-state index < -0.39 is 15.7 Å². The van der Waals surface area contributed by atoms with Crippen molar-refractivity contribution in [2.75, 3.05) is 17.7 Å². The van der Waals surface area contributed by atoms with Crippen molar-refractivity contribution in [2.45, 2.75) is 4.90 Å². The molecular weight excluding hydrogens is 417 g/mol. The number of hydrogen-bond acceptors (Lipinski definition) is 4. The number of amides is 1. The summed E-state index contributed by atoms with van der Waals surface area (Å²) in [6.07, 6.45) is 1.86. The van der Waals surface area contributed by atoms with E-state index in [-0.39, 0.29) is 17.3 Å². The molecule has 1 amide bonds.